The number of carbonyl (C=O) groups is 1. The van der Waals surface area contributed by atoms with E-state index in [1.165, 1.54) is 36.2 Å². The molecule has 2 N–H and O–H groups in total. The lowest BCUT2D eigenvalue weighted by Crippen LogP contribution is -2.28. The van der Waals surface area contributed by atoms with Crippen molar-refractivity contribution in [1.29, 1.82) is 0 Å². The fourth-order valence-electron chi connectivity index (χ4n) is 4.74. The molecule has 244 valence electrons. The number of hydrogen-bond donors (Lipinski definition) is 2. The summed E-state index contributed by atoms with van der Waals surface area (Å²) in [6.45, 7) is -0.420. The summed E-state index contributed by atoms with van der Waals surface area (Å²) in [7, 11) is -2.75. The lowest BCUT2D eigenvalue weighted by molar-refractivity contribution is -0.140. The standard InChI is InChI=1S/C30H27Cl2F3N4O6S/c1-39(15-17-5-7-19(8-6-17)29(40)36-13-14-46(41,42)43)23-11-12-24(37-28(23)30(33,34)35)44-16-20-26(38-45-27(20)18-9-10-18)25-21(31)3-2-4-22(25)32/h2-8,11-12,18H,9-10,13-16H2,1H3,(H,36,40)(H,41,42,43). The van der Waals surface area contributed by atoms with Crippen molar-refractivity contribution in [3.8, 4) is 17.1 Å². The summed E-state index contributed by atoms with van der Waals surface area (Å²) >= 11 is 12.8. The number of halogens is 5. The highest BCUT2D eigenvalue weighted by molar-refractivity contribution is 7.85. The Hall–Kier alpha value is -3.85. The van der Waals surface area contributed by atoms with Crippen LogP contribution >= 0.6 is 23.2 Å². The molecule has 2 heterocycles. The molecule has 0 unspecified atom stereocenters. The Morgan fingerprint density at radius 3 is 2.39 bits per heavy atom. The maximum Gasteiger partial charge on any atom is 0.435 e. The number of anilines is 1. The number of amides is 1. The van der Waals surface area contributed by atoms with Crippen LogP contribution in [-0.2, 0) is 29.4 Å². The first-order chi connectivity index (χ1) is 21.7. The van der Waals surface area contributed by atoms with Crippen molar-refractivity contribution in [3.05, 3.63) is 92.8 Å². The number of benzene rings is 2. The average molecular weight is 700 g/mol. The van der Waals surface area contributed by atoms with Crippen LogP contribution in [0.4, 0.5) is 18.9 Å². The Morgan fingerprint density at radius 1 is 1.11 bits per heavy atom. The first-order valence-corrected chi connectivity index (χ1v) is 16.2. The summed E-state index contributed by atoms with van der Waals surface area (Å²) in [4.78, 5) is 17.4. The van der Waals surface area contributed by atoms with Crippen LogP contribution in [0.1, 0.15) is 51.7 Å². The molecule has 1 amide bonds. The topological polar surface area (TPSA) is 135 Å². The van der Waals surface area contributed by atoms with E-state index in [1.54, 1.807) is 30.3 Å². The van der Waals surface area contributed by atoms with Crippen molar-refractivity contribution < 1.29 is 40.2 Å². The second kappa shape index (κ2) is 13.5. The van der Waals surface area contributed by atoms with Crippen LogP contribution in [0.2, 0.25) is 10.0 Å². The van der Waals surface area contributed by atoms with Crippen LogP contribution in [0.15, 0.2) is 59.1 Å². The Kier molecular flexibility index (Phi) is 9.82. The minimum atomic E-state index is -4.81. The van der Waals surface area contributed by atoms with Crippen LogP contribution in [0, 0.1) is 0 Å². The summed E-state index contributed by atoms with van der Waals surface area (Å²) in [5.41, 5.74) is 0.779. The minimum Gasteiger partial charge on any atom is -0.473 e. The van der Waals surface area contributed by atoms with Gasteiger partial charge in [-0.15, -0.1) is 0 Å². The molecule has 0 spiro atoms. The maximum atomic E-state index is 14.2. The predicted octanol–water partition coefficient (Wildman–Crippen LogP) is 6.77. The molecule has 0 radical (unpaired) electrons. The predicted molar refractivity (Wildman–Crippen MR) is 165 cm³/mol. The zero-order valence-electron chi connectivity index (χ0n) is 24.1. The van der Waals surface area contributed by atoms with E-state index in [-0.39, 0.29) is 42.7 Å². The third kappa shape index (κ3) is 8.10. The van der Waals surface area contributed by atoms with E-state index in [1.807, 2.05) is 0 Å². The molecule has 10 nitrogen and oxygen atoms in total. The van der Waals surface area contributed by atoms with Gasteiger partial charge in [-0.2, -0.15) is 21.6 Å². The second-order valence-electron chi connectivity index (χ2n) is 10.6. The van der Waals surface area contributed by atoms with Gasteiger partial charge in [0.05, 0.1) is 27.0 Å². The molecule has 1 saturated carbocycles. The number of aromatic nitrogens is 2. The Morgan fingerprint density at radius 2 is 1.78 bits per heavy atom. The number of carbonyl (C=O) groups excluding carboxylic acids is 1. The number of nitrogens with zero attached hydrogens (tertiary/aromatic N) is 3. The second-order valence-corrected chi connectivity index (χ2v) is 13.0. The molecular formula is C30H27Cl2F3N4O6S. The number of pyridine rings is 1. The highest BCUT2D eigenvalue weighted by Crippen LogP contribution is 2.46. The summed E-state index contributed by atoms with van der Waals surface area (Å²) in [6.07, 6.45) is -3.05. The van der Waals surface area contributed by atoms with E-state index in [9.17, 15) is 26.4 Å². The third-order valence-electron chi connectivity index (χ3n) is 7.14. The van der Waals surface area contributed by atoms with Gasteiger partial charge in [0.2, 0.25) is 5.88 Å². The van der Waals surface area contributed by atoms with Crippen LogP contribution in [0.5, 0.6) is 5.88 Å². The average Bonchev–Trinajstić information content (AvgIpc) is 3.75. The Balaban J connectivity index is 1.32. The van der Waals surface area contributed by atoms with Gasteiger partial charge in [0.1, 0.15) is 18.1 Å². The van der Waals surface area contributed by atoms with Crippen molar-refractivity contribution in [1.82, 2.24) is 15.5 Å². The molecule has 16 heteroatoms. The number of nitrogens with one attached hydrogen (secondary N) is 1. The lowest BCUT2D eigenvalue weighted by atomic mass is 10.0. The molecular weight excluding hydrogens is 672 g/mol. The quantitative estimate of drug-likeness (QED) is 0.154. The van der Waals surface area contributed by atoms with E-state index in [4.69, 9.17) is 37.0 Å². The molecule has 1 fully saturated rings. The maximum absolute atomic E-state index is 14.2. The molecule has 4 aromatic rings. The summed E-state index contributed by atoms with van der Waals surface area (Å²) in [5, 5.41) is 7.20. The molecule has 46 heavy (non-hydrogen) atoms. The van der Waals surface area contributed by atoms with E-state index in [0.717, 1.165) is 12.8 Å². The van der Waals surface area contributed by atoms with Crippen LogP contribution in [-0.4, -0.2) is 48.4 Å². The minimum absolute atomic E-state index is 0.0447. The van der Waals surface area contributed by atoms with Crippen LogP contribution in [0.25, 0.3) is 11.3 Å². The fourth-order valence-corrected chi connectivity index (χ4v) is 5.68. The first-order valence-electron chi connectivity index (χ1n) is 13.9. The van der Waals surface area contributed by atoms with Gasteiger partial charge in [-0.3, -0.25) is 9.35 Å². The smallest absolute Gasteiger partial charge is 0.435 e. The van der Waals surface area contributed by atoms with Crippen LogP contribution in [0.3, 0.4) is 0 Å². The number of ether oxygens (including phenoxy) is 1. The van der Waals surface area contributed by atoms with E-state index < -0.39 is 33.6 Å². The zero-order valence-corrected chi connectivity index (χ0v) is 26.5. The molecule has 1 aliphatic carbocycles. The molecule has 5 rings (SSSR count). The van der Waals surface area contributed by atoms with E-state index in [2.05, 4.69) is 15.5 Å². The SMILES string of the molecule is CN(Cc1ccc(C(=O)NCCS(=O)(=O)O)cc1)c1ccc(OCc2c(-c3c(Cl)cccc3Cl)noc2C2CC2)nc1C(F)(F)F. The van der Waals surface area contributed by atoms with Gasteiger partial charge in [0.15, 0.2) is 5.69 Å². The van der Waals surface area contributed by atoms with Crippen molar-refractivity contribution >= 4 is 44.9 Å². The third-order valence-corrected chi connectivity index (χ3v) is 8.49. The van der Waals surface area contributed by atoms with Gasteiger partial charge in [-0.25, -0.2) is 4.98 Å². The van der Waals surface area contributed by atoms with Crippen molar-refractivity contribution in [2.45, 2.75) is 38.1 Å². The monoisotopic (exact) mass is 698 g/mol. The molecule has 2 aromatic carbocycles. The normalized spacial score (nSPS) is 13.5. The van der Waals surface area contributed by atoms with Gasteiger partial charge >= 0.3 is 6.18 Å². The Bertz CT molecular complexity index is 1830. The van der Waals surface area contributed by atoms with Crippen molar-refractivity contribution in [2.24, 2.45) is 0 Å². The lowest BCUT2D eigenvalue weighted by Gasteiger charge is -2.23. The highest BCUT2D eigenvalue weighted by Gasteiger charge is 2.38. The van der Waals surface area contributed by atoms with E-state index >= 15 is 0 Å². The zero-order chi connectivity index (χ0) is 33.2. The molecule has 0 saturated heterocycles. The van der Waals surface area contributed by atoms with Gasteiger partial charge in [0, 0.05) is 43.2 Å². The van der Waals surface area contributed by atoms with Gasteiger partial charge in [0.25, 0.3) is 16.0 Å². The summed E-state index contributed by atoms with van der Waals surface area (Å²) < 4.78 is 84.4. The van der Waals surface area contributed by atoms with Gasteiger partial charge < -0.3 is 19.5 Å². The Labute approximate surface area is 272 Å². The largest absolute Gasteiger partial charge is 0.473 e. The molecule has 1 aliphatic rings. The van der Waals surface area contributed by atoms with Crippen molar-refractivity contribution in [2.75, 3.05) is 24.2 Å². The van der Waals surface area contributed by atoms with Crippen LogP contribution < -0.4 is 15.0 Å². The summed E-state index contributed by atoms with van der Waals surface area (Å²) in [5.74, 6) is -0.778. The molecule has 0 atom stereocenters. The fraction of sp³-hybridized carbons (Fsp3) is 0.300. The van der Waals surface area contributed by atoms with Crippen molar-refractivity contribution in [3.63, 3.8) is 0 Å². The molecule has 0 bridgehead atoms. The van der Waals surface area contributed by atoms with Gasteiger partial charge in [-0.1, -0.05) is 46.6 Å². The number of rotatable bonds is 12. The summed E-state index contributed by atoms with van der Waals surface area (Å²) in [6, 6.07) is 13.6. The van der Waals surface area contributed by atoms with Gasteiger partial charge in [-0.05, 0) is 48.7 Å². The molecule has 2 aromatic heterocycles. The van der Waals surface area contributed by atoms with E-state index in [0.29, 0.717) is 38.2 Å². The highest BCUT2D eigenvalue weighted by atomic mass is 35.5. The molecule has 0 aliphatic heterocycles. The number of alkyl halides is 3. The first kappa shape index (κ1) is 33.5. The number of hydrogen-bond acceptors (Lipinski definition) is 8.